The molecule has 0 amide bonds. The zero-order valence-corrected chi connectivity index (χ0v) is 34.0. The van der Waals surface area contributed by atoms with Crippen LogP contribution in [0, 0.1) is 32.9 Å². The van der Waals surface area contributed by atoms with E-state index in [4.69, 9.17) is 4.98 Å². The van der Waals surface area contributed by atoms with Crippen molar-refractivity contribution in [2.45, 2.75) is 38.0 Å². The van der Waals surface area contributed by atoms with E-state index in [0.29, 0.717) is 0 Å². The monoisotopic (exact) mass is 893 g/mol. The first-order chi connectivity index (χ1) is 23.2. The van der Waals surface area contributed by atoms with Crippen LogP contribution < -0.4 is 4.40 Å². The fourth-order valence-corrected chi connectivity index (χ4v) is 9.91. The van der Waals surface area contributed by atoms with Crippen molar-refractivity contribution in [3.63, 3.8) is 0 Å². The fourth-order valence-electron chi connectivity index (χ4n) is 6.49. The molecule has 1 radical (unpaired) electrons. The number of nitrogens with zero attached hydrogens (tertiary/aromatic N) is 2. The Morgan fingerprint density at radius 1 is 0.633 bits per heavy atom. The Bertz CT molecular complexity index is 2390. The van der Waals surface area contributed by atoms with Gasteiger partial charge in [-0.3, -0.25) is 0 Å². The molecular formula is C44H38GeIrN2S-2. The second kappa shape index (κ2) is 14.5. The van der Waals surface area contributed by atoms with Crippen molar-refractivity contribution in [2.24, 2.45) is 0 Å². The smallest absolute Gasteiger partial charge is 0 e. The summed E-state index contributed by atoms with van der Waals surface area (Å²) in [6.45, 7) is 6.59. The minimum Gasteiger partial charge on any atom is 0 e. The minimum atomic E-state index is -1.72. The van der Waals surface area contributed by atoms with Gasteiger partial charge in [-0.05, 0) is 75.6 Å². The van der Waals surface area contributed by atoms with Crippen LogP contribution in [0.5, 0.6) is 0 Å². The van der Waals surface area contributed by atoms with Crippen LogP contribution in [0.25, 0.3) is 64.6 Å². The molecule has 0 unspecified atom stereocenters. The molecule has 0 spiro atoms. The predicted octanol–water partition coefficient (Wildman–Crippen LogP) is 11.8. The summed E-state index contributed by atoms with van der Waals surface area (Å²) in [4.78, 5) is 9.30. The van der Waals surface area contributed by atoms with E-state index >= 15 is 0 Å². The summed E-state index contributed by atoms with van der Waals surface area (Å²) in [5, 5.41) is 4.94. The van der Waals surface area contributed by atoms with E-state index in [1.165, 1.54) is 57.8 Å². The van der Waals surface area contributed by atoms with Gasteiger partial charge in [0.2, 0.25) is 0 Å². The van der Waals surface area contributed by atoms with Gasteiger partial charge in [-0.2, -0.15) is 11.3 Å². The fraction of sp³-hybridized carbons (Fsp3) is 0.136. The molecule has 8 rings (SSSR count). The molecule has 245 valence electrons. The van der Waals surface area contributed by atoms with E-state index in [1.54, 1.807) is 0 Å². The molecule has 3 heterocycles. The van der Waals surface area contributed by atoms with Crippen LogP contribution in [0.1, 0.15) is 16.7 Å². The number of fused-ring (bicyclic) bond motifs is 4. The third-order valence-electron chi connectivity index (χ3n) is 8.90. The van der Waals surface area contributed by atoms with Gasteiger partial charge in [-0.1, -0.05) is 65.5 Å². The first-order valence-corrected chi connectivity index (χ1v) is 24.6. The van der Waals surface area contributed by atoms with E-state index in [1.807, 2.05) is 54.1 Å². The number of pyridine rings is 2. The number of rotatable bonds is 4. The normalized spacial score (nSPS) is 11.3. The van der Waals surface area contributed by atoms with Gasteiger partial charge in [0, 0.05) is 31.0 Å². The van der Waals surface area contributed by atoms with Crippen molar-refractivity contribution in [1.29, 1.82) is 0 Å². The summed E-state index contributed by atoms with van der Waals surface area (Å²) < 4.78 is 4.00. The number of aryl methyl sites for hydroxylation is 3. The molecule has 0 N–H and O–H groups in total. The zero-order chi connectivity index (χ0) is 33.4. The van der Waals surface area contributed by atoms with Crippen molar-refractivity contribution in [1.82, 2.24) is 9.97 Å². The molecule has 0 aliphatic rings. The number of hydrogen-bond acceptors (Lipinski definition) is 3. The van der Waals surface area contributed by atoms with Crippen molar-refractivity contribution in [3.8, 4) is 33.6 Å². The molecule has 0 aliphatic carbocycles. The molecule has 0 bridgehead atoms. The third kappa shape index (κ3) is 7.34. The minimum absolute atomic E-state index is 0. The van der Waals surface area contributed by atoms with Crippen LogP contribution >= 0.6 is 11.3 Å². The Morgan fingerprint density at radius 3 is 2.06 bits per heavy atom. The molecule has 49 heavy (non-hydrogen) atoms. The van der Waals surface area contributed by atoms with Crippen molar-refractivity contribution >= 4 is 59.9 Å². The number of aromatic nitrogens is 2. The molecule has 2 nitrogen and oxygen atoms in total. The molecule has 5 aromatic carbocycles. The average Bonchev–Trinajstić information content (AvgIpc) is 3.46. The van der Waals surface area contributed by atoms with Gasteiger partial charge in [0.05, 0.1) is 0 Å². The summed E-state index contributed by atoms with van der Waals surface area (Å²) in [5.41, 5.74) is 10.7. The Hall–Kier alpha value is -3.93. The van der Waals surface area contributed by atoms with E-state index < -0.39 is 13.3 Å². The summed E-state index contributed by atoms with van der Waals surface area (Å²) in [5.74, 6) is 7.14. The van der Waals surface area contributed by atoms with Crippen LogP contribution in [0.4, 0.5) is 0 Å². The zero-order valence-electron chi connectivity index (χ0n) is 28.7. The SMILES string of the molecule is Cc1cc(C)c(-c2ccc3c(c2)sc2c(-c4cc5ccccc5cn4)[c-]ccc23)c(C)c1.[CH3][Ge]([CH3])([CH3])[c]1ccc(-c2[c-]cccc2)nc1.[Ir]. The second-order valence-electron chi connectivity index (χ2n) is 13.6. The standard InChI is InChI=1S/C30H22NS.C14H16GeN.Ir/c1-18-13-19(2)29(20(3)14-18)22-11-12-24-25-9-6-10-26(30(25)32-28(24)16-22)27-15-21-7-4-5-8-23(21)17-31-27;1-15(2,3)13-9-10-14(16-11-13)12-7-5-4-6-8-12;/h4-9,11-17H,1-3H3;4-7,9-11H,1-3H3;/q2*-1;. The van der Waals surface area contributed by atoms with Gasteiger partial charge >= 0.3 is 99.8 Å². The van der Waals surface area contributed by atoms with Crippen LogP contribution in [0.15, 0.2) is 122 Å². The van der Waals surface area contributed by atoms with Crippen molar-refractivity contribution < 1.29 is 20.1 Å². The maximum atomic E-state index is 4.77. The van der Waals surface area contributed by atoms with Crippen molar-refractivity contribution in [2.75, 3.05) is 0 Å². The van der Waals surface area contributed by atoms with E-state index in [2.05, 4.69) is 134 Å². The van der Waals surface area contributed by atoms with Crippen LogP contribution in [-0.4, -0.2) is 23.2 Å². The molecule has 5 heteroatoms. The Morgan fingerprint density at radius 2 is 1.37 bits per heavy atom. The van der Waals surface area contributed by atoms with E-state index in [-0.39, 0.29) is 20.1 Å². The number of thiophene rings is 1. The molecule has 0 atom stereocenters. The average molecular weight is 892 g/mol. The Kier molecular flexibility index (Phi) is 10.3. The predicted molar refractivity (Wildman–Crippen MR) is 210 cm³/mol. The number of benzene rings is 5. The third-order valence-corrected chi connectivity index (χ3v) is 14.3. The van der Waals surface area contributed by atoms with Gasteiger partial charge in [0.15, 0.2) is 0 Å². The van der Waals surface area contributed by atoms with Gasteiger partial charge in [0.1, 0.15) is 0 Å². The van der Waals surface area contributed by atoms with Gasteiger partial charge in [-0.15, -0.1) is 23.8 Å². The molecule has 0 fully saturated rings. The van der Waals surface area contributed by atoms with Crippen molar-refractivity contribution in [3.05, 3.63) is 150 Å². The number of hydrogen-bond donors (Lipinski definition) is 0. The quantitative estimate of drug-likeness (QED) is 0.130. The first-order valence-electron chi connectivity index (χ1n) is 16.4. The second-order valence-corrected chi connectivity index (χ2v) is 25.3. The summed E-state index contributed by atoms with van der Waals surface area (Å²) in [7, 11) is 0. The van der Waals surface area contributed by atoms with Crippen LogP contribution in [0.2, 0.25) is 17.3 Å². The summed E-state index contributed by atoms with van der Waals surface area (Å²) in [6.07, 6.45) is 4.00. The molecule has 8 aromatic rings. The van der Waals surface area contributed by atoms with Crippen LogP contribution in [0.3, 0.4) is 0 Å². The molecule has 0 saturated carbocycles. The van der Waals surface area contributed by atoms with E-state index in [9.17, 15) is 0 Å². The first kappa shape index (κ1) is 34.9. The summed E-state index contributed by atoms with van der Waals surface area (Å²) >= 11 is 0.125. The largest absolute Gasteiger partial charge is 0 e. The maximum Gasteiger partial charge on any atom is 0 e. The Labute approximate surface area is 310 Å². The summed E-state index contributed by atoms with van der Waals surface area (Å²) in [6, 6.07) is 45.2. The van der Waals surface area contributed by atoms with Crippen LogP contribution in [-0.2, 0) is 20.1 Å². The van der Waals surface area contributed by atoms with Gasteiger partial charge in [-0.25, -0.2) is 0 Å². The van der Waals surface area contributed by atoms with Gasteiger partial charge < -0.3 is 4.98 Å². The topological polar surface area (TPSA) is 25.8 Å². The Balaban J connectivity index is 0.000000208. The van der Waals surface area contributed by atoms with Gasteiger partial charge in [0.25, 0.3) is 0 Å². The molecule has 3 aromatic heterocycles. The maximum absolute atomic E-state index is 4.77. The molecule has 0 aliphatic heterocycles. The van der Waals surface area contributed by atoms with E-state index in [0.717, 1.165) is 27.9 Å². The molecule has 0 saturated heterocycles. The molecular weight excluding hydrogens is 853 g/mol.